The van der Waals surface area contributed by atoms with Crippen LogP contribution in [0.25, 0.3) is 10.9 Å². The molecule has 0 spiro atoms. The number of benzene rings is 1. The SMILES string of the molecule is CCC(CC)(CCO)CNC(=O)Nc1cccc2cccnc12. The highest BCUT2D eigenvalue weighted by atomic mass is 16.3. The second-order valence-electron chi connectivity index (χ2n) is 5.87. The molecule has 3 N–H and O–H groups in total. The lowest BCUT2D eigenvalue weighted by molar-refractivity contribution is 0.165. The lowest BCUT2D eigenvalue weighted by atomic mass is 9.79. The molecule has 1 aromatic heterocycles. The molecule has 0 aliphatic rings. The van der Waals surface area contributed by atoms with Crippen LogP contribution in [0.5, 0.6) is 0 Å². The summed E-state index contributed by atoms with van der Waals surface area (Å²) in [6.45, 7) is 4.86. The van der Waals surface area contributed by atoms with Crippen molar-refractivity contribution in [1.29, 1.82) is 0 Å². The summed E-state index contributed by atoms with van der Waals surface area (Å²) < 4.78 is 0. The summed E-state index contributed by atoms with van der Waals surface area (Å²) in [7, 11) is 0. The minimum Gasteiger partial charge on any atom is -0.396 e. The minimum atomic E-state index is -0.243. The minimum absolute atomic E-state index is 0.0525. The van der Waals surface area contributed by atoms with E-state index in [1.54, 1.807) is 6.20 Å². The number of aliphatic hydroxyl groups excluding tert-OH is 1. The van der Waals surface area contributed by atoms with Gasteiger partial charge in [0.1, 0.15) is 0 Å². The Morgan fingerprint density at radius 3 is 2.65 bits per heavy atom. The molecule has 0 saturated heterocycles. The van der Waals surface area contributed by atoms with Crippen LogP contribution in [0.15, 0.2) is 36.5 Å². The highest BCUT2D eigenvalue weighted by Crippen LogP contribution is 2.29. The number of fused-ring (bicyclic) bond motifs is 1. The molecular weight excluding hydrogens is 290 g/mol. The summed E-state index contributed by atoms with van der Waals surface area (Å²) in [5.74, 6) is 0. The third kappa shape index (κ3) is 4.20. The van der Waals surface area contributed by atoms with Crippen LogP contribution < -0.4 is 10.6 Å². The molecule has 0 fully saturated rings. The molecule has 0 aliphatic heterocycles. The zero-order valence-electron chi connectivity index (χ0n) is 13.8. The van der Waals surface area contributed by atoms with E-state index >= 15 is 0 Å². The Labute approximate surface area is 137 Å². The van der Waals surface area contributed by atoms with Crippen molar-refractivity contribution >= 4 is 22.6 Å². The summed E-state index contributed by atoms with van der Waals surface area (Å²) in [6.07, 6.45) is 4.24. The molecule has 5 nitrogen and oxygen atoms in total. The Hall–Kier alpha value is -2.14. The summed E-state index contributed by atoms with van der Waals surface area (Å²) >= 11 is 0. The van der Waals surface area contributed by atoms with Crippen LogP contribution in [-0.4, -0.2) is 29.3 Å². The molecule has 2 aromatic rings. The highest BCUT2D eigenvalue weighted by Gasteiger charge is 2.26. The average Bonchev–Trinajstić information content (AvgIpc) is 2.59. The maximum absolute atomic E-state index is 12.2. The van der Waals surface area contributed by atoms with Crippen molar-refractivity contribution < 1.29 is 9.90 Å². The number of anilines is 1. The normalized spacial score (nSPS) is 11.4. The Morgan fingerprint density at radius 1 is 1.22 bits per heavy atom. The van der Waals surface area contributed by atoms with E-state index in [0.29, 0.717) is 18.7 Å². The first-order valence-electron chi connectivity index (χ1n) is 8.13. The number of carbonyl (C=O) groups excluding carboxylic acids is 1. The smallest absolute Gasteiger partial charge is 0.319 e. The van der Waals surface area contributed by atoms with Gasteiger partial charge in [-0.25, -0.2) is 4.79 Å². The molecule has 0 aliphatic carbocycles. The molecule has 2 amide bonds. The maximum Gasteiger partial charge on any atom is 0.319 e. The Balaban J connectivity index is 2.04. The third-order valence-electron chi connectivity index (χ3n) is 4.65. The number of rotatable bonds is 7. The number of hydrogen-bond donors (Lipinski definition) is 3. The summed E-state index contributed by atoms with van der Waals surface area (Å²) in [5.41, 5.74) is 1.42. The topological polar surface area (TPSA) is 74.2 Å². The lowest BCUT2D eigenvalue weighted by Gasteiger charge is -2.31. The number of urea groups is 1. The van der Waals surface area contributed by atoms with Crippen LogP contribution in [0.1, 0.15) is 33.1 Å². The summed E-state index contributed by atoms with van der Waals surface area (Å²) in [5, 5.41) is 16.0. The number of para-hydroxylation sites is 1. The van der Waals surface area contributed by atoms with Gasteiger partial charge >= 0.3 is 6.03 Å². The monoisotopic (exact) mass is 315 g/mol. The maximum atomic E-state index is 12.2. The van der Waals surface area contributed by atoms with Gasteiger partial charge in [-0.15, -0.1) is 0 Å². The number of carbonyl (C=O) groups is 1. The molecule has 5 heteroatoms. The molecule has 0 radical (unpaired) electrons. The van der Waals surface area contributed by atoms with E-state index in [1.165, 1.54) is 0 Å². The third-order valence-corrected chi connectivity index (χ3v) is 4.65. The molecule has 1 heterocycles. The molecule has 0 unspecified atom stereocenters. The van der Waals surface area contributed by atoms with Crippen LogP contribution in [0.4, 0.5) is 10.5 Å². The number of nitrogens with one attached hydrogen (secondary N) is 2. The number of hydrogen-bond acceptors (Lipinski definition) is 3. The van der Waals surface area contributed by atoms with Crippen molar-refractivity contribution in [3.8, 4) is 0 Å². The first-order valence-corrected chi connectivity index (χ1v) is 8.13. The van der Waals surface area contributed by atoms with Crippen LogP contribution in [0.2, 0.25) is 0 Å². The van der Waals surface area contributed by atoms with Gasteiger partial charge in [0.25, 0.3) is 0 Å². The van der Waals surface area contributed by atoms with Crippen molar-refractivity contribution in [2.24, 2.45) is 5.41 Å². The second kappa shape index (κ2) is 7.92. The van der Waals surface area contributed by atoms with E-state index in [-0.39, 0.29) is 18.1 Å². The largest absolute Gasteiger partial charge is 0.396 e. The first-order chi connectivity index (χ1) is 11.1. The molecule has 1 aromatic carbocycles. The highest BCUT2D eigenvalue weighted by molar-refractivity contribution is 5.99. The van der Waals surface area contributed by atoms with Gasteiger partial charge in [-0.1, -0.05) is 32.0 Å². The zero-order valence-corrected chi connectivity index (χ0v) is 13.8. The number of amides is 2. The Kier molecular flexibility index (Phi) is 5.93. The number of nitrogens with zero attached hydrogens (tertiary/aromatic N) is 1. The quantitative estimate of drug-likeness (QED) is 0.731. The molecule has 0 atom stereocenters. The van der Waals surface area contributed by atoms with Gasteiger partial charge in [0.2, 0.25) is 0 Å². The van der Waals surface area contributed by atoms with Gasteiger partial charge in [-0.2, -0.15) is 0 Å². The van der Waals surface area contributed by atoms with Gasteiger partial charge < -0.3 is 15.7 Å². The molecule has 0 saturated carbocycles. The average molecular weight is 315 g/mol. The van der Waals surface area contributed by atoms with Gasteiger partial charge in [-0.3, -0.25) is 4.98 Å². The van der Waals surface area contributed by atoms with Gasteiger partial charge in [-0.05, 0) is 36.8 Å². The number of aliphatic hydroxyl groups is 1. The lowest BCUT2D eigenvalue weighted by Crippen LogP contribution is -2.39. The summed E-state index contributed by atoms with van der Waals surface area (Å²) in [4.78, 5) is 16.6. The second-order valence-corrected chi connectivity index (χ2v) is 5.87. The predicted octanol–water partition coefficient (Wildman–Crippen LogP) is 3.55. The van der Waals surface area contributed by atoms with Crippen LogP contribution in [0.3, 0.4) is 0 Å². The number of aromatic nitrogens is 1. The Morgan fingerprint density at radius 2 is 1.96 bits per heavy atom. The van der Waals surface area contributed by atoms with Gasteiger partial charge in [0.05, 0.1) is 11.2 Å². The first kappa shape index (κ1) is 17.2. The fraction of sp³-hybridized carbons (Fsp3) is 0.444. The van der Waals surface area contributed by atoms with Crippen molar-refractivity contribution in [3.05, 3.63) is 36.5 Å². The van der Waals surface area contributed by atoms with E-state index in [0.717, 1.165) is 23.7 Å². The molecule has 2 rings (SSSR count). The van der Waals surface area contributed by atoms with Crippen LogP contribution >= 0.6 is 0 Å². The van der Waals surface area contributed by atoms with E-state index in [4.69, 9.17) is 0 Å². The van der Waals surface area contributed by atoms with E-state index < -0.39 is 0 Å². The fourth-order valence-electron chi connectivity index (χ4n) is 2.82. The zero-order chi connectivity index (χ0) is 16.7. The van der Waals surface area contributed by atoms with Crippen molar-refractivity contribution in [2.45, 2.75) is 33.1 Å². The summed E-state index contributed by atoms with van der Waals surface area (Å²) in [6, 6.07) is 9.30. The number of pyridine rings is 1. The molecular formula is C18H25N3O2. The van der Waals surface area contributed by atoms with Crippen LogP contribution in [-0.2, 0) is 0 Å². The standard InChI is InChI=1S/C18H25N3O2/c1-3-18(4-2,10-12-22)13-20-17(23)21-15-9-5-7-14-8-6-11-19-16(14)15/h5-9,11,22H,3-4,10,12-13H2,1-2H3,(H2,20,21,23). The molecule has 0 bridgehead atoms. The van der Waals surface area contributed by atoms with Crippen molar-refractivity contribution in [3.63, 3.8) is 0 Å². The van der Waals surface area contributed by atoms with E-state index in [2.05, 4.69) is 29.5 Å². The Bertz CT molecular complexity index is 648. The van der Waals surface area contributed by atoms with Gasteiger partial charge in [0.15, 0.2) is 0 Å². The van der Waals surface area contributed by atoms with E-state index in [1.807, 2.05) is 30.3 Å². The van der Waals surface area contributed by atoms with Crippen molar-refractivity contribution in [1.82, 2.24) is 10.3 Å². The molecule has 23 heavy (non-hydrogen) atoms. The van der Waals surface area contributed by atoms with Crippen molar-refractivity contribution in [2.75, 3.05) is 18.5 Å². The fourth-order valence-corrected chi connectivity index (χ4v) is 2.82. The predicted molar refractivity (Wildman–Crippen MR) is 93.5 cm³/mol. The van der Waals surface area contributed by atoms with Gasteiger partial charge in [0, 0.05) is 24.7 Å². The molecule has 124 valence electrons. The van der Waals surface area contributed by atoms with Crippen LogP contribution in [0, 0.1) is 5.41 Å². The van der Waals surface area contributed by atoms with E-state index in [9.17, 15) is 9.90 Å².